The van der Waals surface area contributed by atoms with Crippen LogP contribution in [0.1, 0.15) is 44.4 Å². The second-order valence-corrected chi connectivity index (χ2v) is 4.11. The average molecular weight is 264 g/mol. The number of fused-ring (bicyclic) bond motifs is 1. The smallest absolute Gasteiger partial charge is 0.346 e. The van der Waals surface area contributed by atoms with E-state index in [1.54, 1.807) is 0 Å². The molecule has 19 heavy (non-hydrogen) atoms. The fourth-order valence-electron chi connectivity index (χ4n) is 1.52. The van der Waals surface area contributed by atoms with Gasteiger partial charge in [0.05, 0.1) is 29.4 Å². The largest absolute Gasteiger partial charge is 0.478 e. The molecule has 0 amide bonds. The second-order valence-electron chi connectivity index (χ2n) is 4.11. The lowest BCUT2D eigenvalue weighted by Gasteiger charge is -1.94. The molecule has 2 aliphatic rings. The van der Waals surface area contributed by atoms with Crippen LogP contribution < -0.4 is 0 Å². The molecule has 0 saturated carbocycles. The van der Waals surface area contributed by atoms with Gasteiger partial charge in [-0.2, -0.15) is 0 Å². The van der Waals surface area contributed by atoms with Gasteiger partial charge in [0.15, 0.2) is 0 Å². The van der Waals surface area contributed by atoms with Crippen LogP contribution in [0.5, 0.6) is 0 Å². The zero-order chi connectivity index (χ0) is 14.0. The van der Waals surface area contributed by atoms with Crippen molar-refractivity contribution in [2.45, 2.75) is 19.4 Å². The van der Waals surface area contributed by atoms with Gasteiger partial charge >= 0.3 is 17.9 Å². The van der Waals surface area contributed by atoms with Gasteiger partial charge in [0.2, 0.25) is 0 Å². The topological polar surface area (TPSA) is 93.2 Å². The van der Waals surface area contributed by atoms with E-state index in [9.17, 15) is 14.4 Å². The van der Waals surface area contributed by atoms with Gasteiger partial charge in [-0.3, -0.25) is 0 Å². The highest BCUT2D eigenvalue weighted by molar-refractivity contribution is 6.15. The summed E-state index contributed by atoms with van der Waals surface area (Å²) in [6.45, 7) is 3.15. The van der Waals surface area contributed by atoms with Crippen molar-refractivity contribution in [3.63, 3.8) is 0 Å². The fourth-order valence-corrected chi connectivity index (χ4v) is 1.52. The van der Waals surface area contributed by atoms with Gasteiger partial charge in [0.1, 0.15) is 0 Å². The summed E-state index contributed by atoms with van der Waals surface area (Å²) in [4.78, 5) is 32.5. The van der Waals surface area contributed by atoms with E-state index in [-0.39, 0.29) is 16.7 Å². The predicted molar refractivity (Wildman–Crippen MR) is 63.2 cm³/mol. The van der Waals surface area contributed by atoms with Crippen molar-refractivity contribution < 1.29 is 29.0 Å². The molecule has 0 bridgehead atoms. The van der Waals surface area contributed by atoms with E-state index < -0.39 is 17.9 Å². The lowest BCUT2D eigenvalue weighted by atomic mass is 10.1. The molecule has 1 saturated heterocycles. The number of hydrogen-bond donors (Lipinski definition) is 1. The van der Waals surface area contributed by atoms with Crippen molar-refractivity contribution in [2.75, 3.05) is 6.61 Å². The Kier molecular flexibility index (Phi) is 3.62. The highest BCUT2D eigenvalue weighted by Crippen LogP contribution is 2.20. The Labute approximate surface area is 108 Å². The van der Waals surface area contributed by atoms with Crippen molar-refractivity contribution in [3.8, 4) is 0 Å². The van der Waals surface area contributed by atoms with Crippen LogP contribution in [0.2, 0.25) is 0 Å². The number of rotatable bonds is 2. The summed E-state index contributed by atoms with van der Waals surface area (Å²) in [6.07, 6.45) is 1.83. The molecule has 0 aromatic heterocycles. The number of esters is 2. The summed E-state index contributed by atoms with van der Waals surface area (Å²) in [5.74, 6) is -2.69. The molecule has 1 fully saturated rings. The SMILES string of the molecule is CCC1CO1.O=C(O)c1ccc2c(c1)C(=O)OC2=O. The molecule has 100 valence electrons. The van der Waals surface area contributed by atoms with Crippen molar-refractivity contribution in [1.82, 2.24) is 0 Å². The number of carboxylic acid groups (broad SMARTS) is 1. The first-order valence-corrected chi connectivity index (χ1v) is 5.78. The van der Waals surface area contributed by atoms with Gasteiger partial charge in [-0.25, -0.2) is 14.4 Å². The molecule has 1 N–H and O–H groups in total. The number of hydrogen-bond acceptors (Lipinski definition) is 5. The fraction of sp³-hybridized carbons (Fsp3) is 0.308. The van der Waals surface area contributed by atoms with Crippen molar-refractivity contribution in [1.29, 1.82) is 0 Å². The number of benzene rings is 1. The zero-order valence-corrected chi connectivity index (χ0v) is 10.2. The first kappa shape index (κ1) is 13.2. The number of cyclic esters (lactones) is 2. The highest BCUT2D eigenvalue weighted by Gasteiger charge is 2.30. The summed E-state index contributed by atoms with van der Waals surface area (Å²) in [5.41, 5.74) is 0.0744. The first-order chi connectivity index (χ1) is 9.02. The van der Waals surface area contributed by atoms with E-state index in [4.69, 9.17) is 9.84 Å². The highest BCUT2D eigenvalue weighted by atomic mass is 16.6. The Morgan fingerprint density at radius 1 is 1.32 bits per heavy atom. The average Bonchev–Trinajstić information content (AvgIpc) is 3.18. The molecular weight excluding hydrogens is 252 g/mol. The van der Waals surface area contributed by atoms with E-state index >= 15 is 0 Å². The summed E-state index contributed by atoms with van der Waals surface area (Å²) in [6, 6.07) is 3.65. The number of carbonyl (C=O) groups is 3. The second kappa shape index (κ2) is 5.19. The number of ether oxygens (including phenoxy) is 2. The monoisotopic (exact) mass is 264 g/mol. The Hall–Kier alpha value is -2.21. The van der Waals surface area contributed by atoms with Crippen LogP contribution in [-0.2, 0) is 9.47 Å². The maximum Gasteiger partial charge on any atom is 0.346 e. The van der Waals surface area contributed by atoms with Crippen LogP contribution in [-0.4, -0.2) is 35.7 Å². The molecule has 6 nitrogen and oxygen atoms in total. The normalized spacial score (nSPS) is 19.1. The maximum atomic E-state index is 11.0. The van der Waals surface area contributed by atoms with Crippen LogP contribution in [0.25, 0.3) is 0 Å². The van der Waals surface area contributed by atoms with Crippen LogP contribution >= 0.6 is 0 Å². The zero-order valence-electron chi connectivity index (χ0n) is 10.2. The van der Waals surface area contributed by atoms with E-state index in [2.05, 4.69) is 11.7 Å². The Bertz CT molecular complexity index is 544. The Balaban J connectivity index is 0.000000224. The van der Waals surface area contributed by atoms with Gasteiger partial charge in [0.25, 0.3) is 0 Å². The van der Waals surface area contributed by atoms with Gasteiger partial charge in [0, 0.05) is 0 Å². The van der Waals surface area contributed by atoms with Crippen LogP contribution in [0.15, 0.2) is 18.2 Å². The third-order valence-electron chi connectivity index (χ3n) is 2.75. The number of aromatic carboxylic acids is 1. The molecule has 0 spiro atoms. The molecule has 0 aliphatic carbocycles. The summed E-state index contributed by atoms with van der Waals surface area (Å²) in [7, 11) is 0. The van der Waals surface area contributed by atoms with Crippen LogP contribution in [0.3, 0.4) is 0 Å². The maximum absolute atomic E-state index is 11.0. The molecule has 0 radical (unpaired) electrons. The van der Waals surface area contributed by atoms with Crippen LogP contribution in [0.4, 0.5) is 0 Å². The predicted octanol–water partition coefficient (Wildman–Crippen LogP) is 1.49. The summed E-state index contributed by atoms with van der Waals surface area (Å²) < 4.78 is 9.15. The van der Waals surface area contributed by atoms with Gasteiger partial charge in [-0.15, -0.1) is 0 Å². The molecule has 1 unspecified atom stereocenters. The molecule has 1 aromatic carbocycles. The van der Waals surface area contributed by atoms with E-state index in [0.29, 0.717) is 6.10 Å². The molecule has 3 rings (SSSR count). The standard InChI is InChI=1S/C9H4O5.C4H8O/c10-7(11)4-1-2-5-6(3-4)9(13)14-8(5)12;1-2-4-3-5-4/h1-3H,(H,10,11);4H,2-3H2,1H3. The van der Waals surface area contributed by atoms with Crippen molar-refractivity contribution in [2.24, 2.45) is 0 Å². The molecule has 1 atom stereocenters. The lowest BCUT2D eigenvalue weighted by Crippen LogP contribution is -2.00. The van der Waals surface area contributed by atoms with Gasteiger partial charge < -0.3 is 14.6 Å². The van der Waals surface area contributed by atoms with Gasteiger partial charge in [-0.1, -0.05) is 6.92 Å². The van der Waals surface area contributed by atoms with Crippen LogP contribution in [0, 0.1) is 0 Å². The molecule has 2 aliphatic heterocycles. The molecule has 1 aromatic rings. The lowest BCUT2D eigenvalue weighted by molar-refractivity contribution is 0.0443. The Morgan fingerprint density at radius 2 is 1.95 bits per heavy atom. The third-order valence-corrected chi connectivity index (χ3v) is 2.75. The summed E-state index contributed by atoms with van der Waals surface area (Å²) in [5, 5.41) is 8.63. The van der Waals surface area contributed by atoms with Gasteiger partial charge in [-0.05, 0) is 24.6 Å². The van der Waals surface area contributed by atoms with E-state index in [0.717, 1.165) is 12.7 Å². The first-order valence-electron chi connectivity index (χ1n) is 5.78. The third kappa shape index (κ3) is 2.97. The minimum atomic E-state index is -1.15. The Morgan fingerprint density at radius 3 is 2.42 bits per heavy atom. The number of carboxylic acids is 1. The summed E-state index contributed by atoms with van der Waals surface area (Å²) >= 11 is 0. The molecule has 6 heteroatoms. The minimum absolute atomic E-state index is 0.00917. The minimum Gasteiger partial charge on any atom is -0.478 e. The molecule has 2 heterocycles. The number of carbonyl (C=O) groups excluding carboxylic acids is 2. The van der Waals surface area contributed by atoms with Crippen molar-refractivity contribution >= 4 is 17.9 Å². The van der Waals surface area contributed by atoms with E-state index in [1.807, 2.05) is 0 Å². The molecular formula is C13H12O6. The quantitative estimate of drug-likeness (QED) is 0.494. The van der Waals surface area contributed by atoms with E-state index in [1.165, 1.54) is 18.6 Å². The van der Waals surface area contributed by atoms with Crippen molar-refractivity contribution in [3.05, 3.63) is 34.9 Å². The number of epoxide rings is 1.